The highest BCUT2D eigenvalue weighted by Gasteiger charge is 2.34. The first-order valence-corrected chi connectivity index (χ1v) is 7.65. The summed E-state index contributed by atoms with van der Waals surface area (Å²) in [5.74, 6) is 0.0310. The molecule has 1 fully saturated rings. The predicted octanol–water partition coefficient (Wildman–Crippen LogP) is 2.62. The first-order chi connectivity index (χ1) is 9.53. The number of hydrogen-bond donors (Lipinski definition) is 2. The molecule has 1 aliphatic carbocycles. The van der Waals surface area contributed by atoms with E-state index in [2.05, 4.69) is 37.4 Å². The van der Waals surface area contributed by atoms with E-state index in [1.807, 2.05) is 0 Å². The Morgan fingerprint density at radius 2 is 1.80 bits per heavy atom. The number of amides is 1. The van der Waals surface area contributed by atoms with Crippen molar-refractivity contribution in [2.24, 2.45) is 5.73 Å². The van der Waals surface area contributed by atoms with Gasteiger partial charge in [-0.2, -0.15) is 0 Å². The molecule has 110 valence electrons. The van der Waals surface area contributed by atoms with Crippen LogP contribution < -0.4 is 11.1 Å². The first-order valence-electron chi connectivity index (χ1n) is 7.65. The topological polar surface area (TPSA) is 55.1 Å². The lowest BCUT2D eigenvalue weighted by atomic mass is 9.82. The van der Waals surface area contributed by atoms with Gasteiger partial charge >= 0.3 is 0 Å². The Balaban J connectivity index is 1.88. The normalized spacial score (nSPS) is 17.8. The average molecular weight is 274 g/mol. The fourth-order valence-corrected chi connectivity index (χ4v) is 3.13. The SMILES string of the molecule is Cc1cccc(C)c1CCNC(=O)C1(N)CCCCC1. The molecule has 3 nitrogen and oxygen atoms in total. The van der Waals surface area contributed by atoms with Crippen LogP contribution >= 0.6 is 0 Å². The molecule has 1 aliphatic rings. The molecule has 2 rings (SSSR count). The summed E-state index contributed by atoms with van der Waals surface area (Å²) in [6.07, 6.45) is 5.86. The molecule has 0 unspecified atom stereocenters. The molecular weight excluding hydrogens is 248 g/mol. The minimum atomic E-state index is -0.626. The zero-order valence-electron chi connectivity index (χ0n) is 12.7. The van der Waals surface area contributed by atoms with Gasteiger partial charge in [-0.3, -0.25) is 4.79 Å². The van der Waals surface area contributed by atoms with E-state index in [1.165, 1.54) is 23.1 Å². The maximum absolute atomic E-state index is 12.2. The number of nitrogens with two attached hydrogens (primary N) is 1. The average Bonchev–Trinajstić information content (AvgIpc) is 2.42. The third-order valence-corrected chi connectivity index (χ3v) is 4.50. The van der Waals surface area contributed by atoms with Crippen molar-refractivity contribution in [2.45, 2.75) is 57.9 Å². The van der Waals surface area contributed by atoms with E-state index in [-0.39, 0.29) is 5.91 Å². The Hall–Kier alpha value is -1.35. The molecule has 0 saturated heterocycles. The van der Waals surface area contributed by atoms with E-state index in [0.29, 0.717) is 6.54 Å². The summed E-state index contributed by atoms with van der Waals surface area (Å²) >= 11 is 0. The molecule has 1 amide bonds. The van der Waals surface area contributed by atoms with Gasteiger partial charge in [-0.25, -0.2) is 0 Å². The molecular formula is C17H26N2O. The van der Waals surface area contributed by atoms with Gasteiger partial charge in [0.2, 0.25) is 5.91 Å². The van der Waals surface area contributed by atoms with Gasteiger partial charge in [0.15, 0.2) is 0 Å². The zero-order valence-corrected chi connectivity index (χ0v) is 12.7. The van der Waals surface area contributed by atoms with Crippen molar-refractivity contribution >= 4 is 5.91 Å². The van der Waals surface area contributed by atoms with Crippen molar-refractivity contribution in [2.75, 3.05) is 6.54 Å². The maximum Gasteiger partial charge on any atom is 0.240 e. The Kier molecular flexibility index (Phi) is 4.81. The number of hydrogen-bond acceptors (Lipinski definition) is 2. The lowest BCUT2D eigenvalue weighted by Crippen LogP contribution is -2.55. The highest BCUT2D eigenvalue weighted by atomic mass is 16.2. The molecule has 0 aromatic heterocycles. The summed E-state index contributed by atoms with van der Waals surface area (Å²) in [6.45, 7) is 4.91. The molecule has 3 N–H and O–H groups in total. The largest absolute Gasteiger partial charge is 0.354 e. The van der Waals surface area contributed by atoms with Gasteiger partial charge in [0.1, 0.15) is 0 Å². The minimum Gasteiger partial charge on any atom is -0.354 e. The van der Waals surface area contributed by atoms with E-state index in [4.69, 9.17) is 5.73 Å². The summed E-state index contributed by atoms with van der Waals surface area (Å²) in [5, 5.41) is 3.03. The van der Waals surface area contributed by atoms with Gasteiger partial charge in [-0.15, -0.1) is 0 Å². The summed E-state index contributed by atoms with van der Waals surface area (Å²) in [5.41, 5.74) is 9.52. The van der Waals surface area contributed by atoms with Crippen LogP contribution in [-0.2, 0) is 11.2 Å². The highest BCUT2D eigenvalue weighted by Crippen LogP contribution is 2.25. The van der Waals surface area contributed by atoms with E-state index in [9.17, 15) is 4.79 Å². The molecule has 1 saturated carbocycles. The van der Waals surface area contributed by atoms with Gasteiger partial charge in [0, 0.05) is 6.54 Å². The lowest BCUT2D eigenvalue weighted by Gasteiger charge is -2.31. The van der Waals surface area contributed by atoms with Crippen LogP contribution in [0.15, 0.2) is 18.2 Å². The van der Waals surface area contributed by atoms with Crippen molar-refractivity contribution in [1.82, 2.24) is 5.32 Å². The smallest absolute Gasteiger partial charge is 0.240 e. The van der Waals surface area contributed by atoms with Gasteiger partial charge < -0.3 is 11.1 Å². The summed E-state index contributed by atoms with van der Waals surface area (Å²) in [6, 6.07) is 6.31. The molecule has 0 bridgehead atoms. The van der Waals surface area contributed by atoms with Crippen LogP contribution in [-0.4, -0.2) is 18.0 Å². The molecule has 3 heteroatoms. The zero-order chi connectivity index (χ0) is 14.6. The number of carbonyl (C=O) groups excluding carboxylic acids is 1. The van der Waals surface area contributed by atoms with Crippen LogP contribution in [0, 0.1) is 13.8 Å². The Labute approximate surface area is 121 Å². The van der Waals surface area contributed by atoms with Gasteiger partial charge in [-0.05, 0) is 49.8 Å². The van der Waals surface area contributed by atoms with Crippen molar-refractivity contribution in [1.29, 1.82) is 0 Å². The van der Waals surface area contributed by atoms with E-state index >= 15 is 0 Å². The van der Waals surface area contributed by atoms with Crippen LogP contribution in [0.2, 0.25) is 0 Å². The summed E-state index contributed by atoms with van der Waals surface area (Å²) < 4.78 is 0. The first kappa shape index (κ1) is 15.0. The third kappa shape index (κ3) is 3.40. The summed E-state index contributed by atoms with van der Waals surface area (Å²) in [4.78, 5) is 12.2. The lowest BCUT2D eigenvalue weighted by molar-refractivity contribution is -0.127. The molecule has 0 radical (unpaired) electrons. The van der Waals surface area contributed by atoms with E-state index < -0.39 is 5.54 Å². The van der Waals surface area contributed by atoms with Crippen molar-refractivity contribution in [3.8, 4) is 0 Å². The fraction of sp³-hybridized carbons (Fsp3) is 0.588. The number of nitrogens with one attached hydrogen (secondary N) is 1. The monoisotopic (exact) mass is 274 g/mol. The number of carbonyl (C=O) groups is 1. The van der Waals surface area contributed by atoms with Crippen LogP contribution in [0.1, 0.15) is 48.8 Å². The summed E-state index contributed by atoms with van der Waals surface area (Å²) in [7, 11) is 0. The second-order valence-corrected chi connectivity index (χ2v) is 6.09. The third-order valence-electron chi connectivity index (χ3n) is 4.50. The standard InChI is InChI=1S/C17H26N2O/c1-13-7-6-8-14(2)15(13)9-12-19-16(20)17(18)10-4-3-5-11-17/h6-8H,3-5,9-12,18H2,1-2H3,(H,19,20). The second kappa shape index (κ2) is 6.40. The van der Waals surface area contributed by atoms with E-state index in [0.717, 1.165) is 32.1 Å². The van der Waals surface area contributed by atoms with Gasteiger partial charge in [-0.1, -0.05) is 37.5 Å². The van der Waals surface area contributed by atoms with Crippen molar-refractivity contribution in [3.63, 3.8) is 0 Å². The van der Waals surface area contributed by atoms with Crippen LogP contribution in [0.3, 0.4) is 0 Å². The molecule has 1 aromatic rings. The molecule has 0 spiro atoms. The Bertz CT molecular complexity index is 456. The van der Waals surface area contributed by atoms with Gasteiger partial charge in [0.25, 0.3) is 0 Å². The molecule has 20 heavy (non-hydrogen) atoms. The molecule has 0 atom stereocenters. The fourth-order valence-electron chi connectivity index (χ4n) is 3.13. The Morgan fingerprint density at radius 1 is 1.20 bits per heavy atom. The van der Waals surface area contributed by atoms with Crippen molar-refractivity contribution in [3.05, 3.63) is 34.9 Å². The number of benzene rings is 1. The maximum atomic E-state index is 12.2. The predicted molar refractivity (Wildman–Crippen MR) is 82.6 cm³/mol. The molecule has 1 aromatic carbocycles. The minimum absolute atomic E-state index is 0.0310. The van der Waals surface area contributed by atoms with Crippen LogP contribution in [0.5, 0.6) is 0 Å². The van der Waals surface area contributed by atoms with Crippen LogP contribution in [0.25, 0.3) is 0 Å². The quantitative estimate of drug-likeness (QED) is 0.886. The highest BCUT2D eigenvalue weighted by molar-refractivity contribution is 5.86. The van der Waals surface area contributed by atoms with Gasteiger partial charge in [0.05, 0.1) is 5.54 Å². The second-order valence-electron chi connectivity index (χ2n) is 6.09. The van der Waals surface area contributed by atoms with Crippen LogP contribution in [0.4, 0.5) is 0 Å². The number of rotatable bonds is 4. The van der Waals surface area contributed by atoms with Crippen molar-refractivity contribution < 1.29 is 4.79 Å². The number of aryl methyl sites for hydroxylation is 2. The van der Waals surface area contributed by atoms with E-state index in [1.54, 1.807) is 0 Å². The molecule has 0 heterocycles. The Morgan fingerprint density at radius 3 is 2.40 bits per heavy atom. The molecule has 0 aliphatic heterocycles.